The molecule has 0 unspecified atom stereocenters. The minimum atomic E-state index is -0.424. The van der Waals surface area contributed by atoms with E-state index in [9.17, 15) is 9.18 Å². The molecule has 8 heteroatoms. The van der Waals surface area contributed by atoms with Gasteiger partial charge in [-0.3, -0.25) is 0 Å². The SMILES string of the molecule is Cc1cc(Oc2ccccc2F)ccc1OCc1c(C)cccc1-n1nnn(C)c1=O. The Balaban J connectivity index is 1.56. The molecule has 0 saturated carbocycles. The molecule has 4 rings (SSSR count). The highest BCUT2D eigenvalue weighted by atomic mass is 19.1. The van der Waals surface area contributed by atoms with Crippen LogP contribution in [0.5, 0.6) is 17.2 Å². The summed E-state index contributed by atoms with van der Waals surface area (Å²) in [4.78, 5) is 12.3. The molecule has 0 amide bonds. The molecule has 0 radical (unpaired) electrons. The lowest BCUT2D eigenvalue weighted by molar-refractivity contribution is 0.302. The van der Waals surface area contributed by atoms with E-state index >= 15 is 0 Å². The standard InChI is InChI=1S/C23H21FN4O3/c1-15-7-6-9-20(28-23(29)27(3)25-26-28)18(15)14-30-21-12-11-17(13-16(21)2)31-22-10-5-4-8-19(22)24/h4-13H,14H2,1-3H3. The number of rotatable bonds is 6. The maximum absolute atomic E-state index is 13.8. The summed E-state index contributed by atoms with van der Waals surface area (Å²) in [7, 11) is 1.55. The largest absolute Gasteiger partial charge is 0.489 e. The number of tetrazole rings is 1. The van der Waals surface area contributed by atoms with E-state index < -0.39 is 5.82 Å². The first kappa shape index (κ1) is 20.3. The van der Waals surface area contributed by atoms with E-state index in [-0.39, 0.29) is 18.0 Å². The third-order valence-electron chi connectivity index (χ3n) is 4.92. The Morgan fingerprint density at radius 2 is 1.74 bits per heavy atom. The van der Waals surface area contributed by atoms with Crippen molar-refractivity contribution >= 4 is 0 Å². The second kappa shape index (κ2) is 8.43. The van der Waals surface area contributed by atoms with Gasteiger partial charge in [0, 0.05) is 12.6 Å². The Hall–Kier alpha value is -3.94. The van der Waals surface area contributed by atoms with Gasteiger partial charge in [-0.15, -0.1) is 0 Å². The van der Waals surface area contributed by atoms with Crippen LogP contribution in [0, 0.1) is 19.7 Å². The average Bonchev–Trinajstić information content (AvgIpc) is 3.08. The van der Waals surface area contributed by atoms with Crippen molar-refractivity contribution in [3.8, 4) is 22.9 Å². The quantitative estimate of drug-likeness (QED) is 0.470. The zero-order valence-corrected chi connectivity index (χ0v) is 17.4. The number of aromatic nitrogens is 4. The lowest BCUT2D eigenvalue weighted by Crippen LogP contribution is -2.23. The van der Waals surface area contributed by atoms with Gasteiger partial charge in [-0.05, 0) is 71.8 Å². The van der Waals surface area contributed by atoms with E-state index in [1.165, 1.54) is 15.4 Å². The van der Waals surface area contributed by atoms with Crippen molar-refractivity contribution in [2.24, 2.45) is 7.05 Å². The van der Waals surface area contributed by atoms with Gasteiger partial charge in [-0.2, -0.15) is 9.36 Å². The number of nitrogens with zero attached hydrogens (tertiary/aromatic N) is 4. The predicted octanol–water partition coefficient (Wildman–Crippen LogP) is 4.09. The molecule has 0 aliphatic rings. The van der Waals surface area contributed by atoms with Gasteiger partial charge in [0.05, 0.1) is 5.69 Å². The Morgan fingerprint density at radius 3 is 2.45 bits per heavy atom. The van der Waals surface area contributed by atoms with Crippen molar-refractivity contribution in [2.75, 3.05) is 0 Å². The number of aryl methyl sites for hydroxylation is 3. The molecule has 1 aromatic heterocycles. The maximum atomic E-state index is 13.8. The van der Waals surface area contributed by atoms with E-state index in [0.717, 1.165) is 16.7 Å². The predicted molar refractivity (Wildman–Crippen MR) is 113 cm³/mol. The lowest BCUT2D eigenvalue weighted by Gasteiger charge is -2.15. The summed E-state index contributed by atoms with van der Waals surface area (Å²) < 4.78 is 27.9. The lowest BCUT2D eigenvalue weighted by atomic mass is 10.1. The van der Waals surface area contributed by atoms with E-state index in [0.29, 0.717) is 17.2 Å². The van der Waals surface area contributed by atoms with Gasteiger partial charge in [-0.25, -0.2) is 9.18 Å². The van der Waals surface area contributed by atoms with Crippen molar-refractivity contribution in [2.45, 2.75) is 20.5 Å². The van der Waals surface area contributed by atoms with Crippen molar-refractivity contribution in [3.05, 3.63) is 93.7 Å². The number of benzene rings is 3. The third kappa shape index (κ3) is 4.18. The fourth-order valence-electron chi connectivity index (χ4n) is 3.19. The molecule has 0 saturated heterocycles. The highest BCUT2D eigenvalue weighted by Crippen LogP contribution is 2.29. The zero-order valence-electron chi connectivity index (χ0n) is 17.4. The van der Waals surface area contributed by atoms with Crippen LogP contribution in [0.3, 0.4) is 0 Å². The van der Waals surface area contributed by atoms with E-state index in [1.54, 1.807) is 49.5 Å². The second-order valence-electron chi connectivity index (χ2n) is 7.12. The van der Waals surface area contributed by atoms with Crippen LogP contribution in [0.4, 0.5) is 4.39 Å². The van der Waals surface area contributed by atoms with Crippen LogP contribution in [0.25, 0.3) is 5.69 Å². The number of ether oxygens (including phenoxy) is 2. The summed E-state index contributed by atoms with van der Waals surface area (Å²) in [5, 5.41) is 7.71. The van der Waals surface area contributed by atoms with Crippen LogP contribution in [0.1, 0.15) is 16.7 Å². The van der Waals surface area contributed by atoms with Gasteiger partial charge in [0.1, 0.15) is 18.1 Å². The highest BCUT2D eigenvalue weighted by molar-refractivity contribution is 5.46. The molecule has 0 atom stereocenters. The molecule has 0 N–H and O–H groups in total. The molecule has 0 spiro atoms. The van der Waals surface area contributed by atoms with Crippen molar-refractivity contribution in [3.63, 3.8) is 0 Å². The van der Waals surface area contributed by atoms with E-state index in [2.05, 4.69) is 10.4 Å². The first-order valence-corrected chi connectivity index (χ1v) is 9.68. The molecule has 1 heterocycles. The van der Waals surface area contributed by atoms with Crippen LogP contribution in [0.2, 0.25) is 0 Å². The topological polar surface area (TPSA) is 71.2 Å². The minimum absolute atomic E-state index is 0.162. The van der Waals surface area contributed by atoms with Crippen molar-refractivity contribution in [1.29, 1.82) is 0 Å². The molecule has 0 aliphatic heterocycles. The molecular weight excluding hydrogens is 399 g/mol. The van der Waals surface area contributed by atoms with E-state index in [1.807, 2.05) is 26.0 Å². The average molecular weight is 420 g/mol. The van der Waals surface area contributed by atoms with Gasteiger partial charge >= 0.3 is 5.69 Å². The van der Waals surface area contributed by atoms with Gasteiger partial charge in [0.25, 0.3) is 0 Å². The number of hydrogen-bond acceptors (Lipinski definition) is 5. The summed E-state index contributed by atoms with van der Waals surface area (Å²) in [6, 6.07) is 17.1. The molecule has 158 valence electrons. The van der Waals surface area contributed by atoms with Crippen molar-refractivity contribution < 1.29 is 13.9 Å². The number of halogens is 1. The normalized spacial score (nSPS) is 10.8. The molecular formula is C23H21FN4O3. The summed E-state index contributed by atoms with van der Waals surface area (Å²) >= 11 is 0. The number of para-hydroxylation sites is 1. The smallest absolute Gasteiger partial charge is 0.368 e. The highest BCUT2D eigenvalue weighted by Gasteiger charge is 2.14. The first-order chi connectivity index (χ1) is 14.9. The Labute approximate surface area is 178 Å². The third-order valence-corrected chi connectivity index (χ3v) is 4.92. The fourth-order valence-corrected chi connectivity index (χ4v) is 3.19. The molecule has 31 heavy (non-hydrogen) atoms. The Bertz CT molecular complexity index is 1300. The van der Waals surface area contributed by atoms with Gasteiger partial charge in [-0.1, -0.05) is 24.3 Å². The van der Waals surface area contributed by atoms with Gasteiger partial charge < -0.3 is 9.47 Å². The second-order valence-corrected chi connectivity index (χ2v) is 7.12. The van der Waals surface area contributed by atoms with Crippen LogP contribution in [0.15, 0.2) is 65.5 Å². The van der Waals surface area contributed by atoms with Crippen molar-refractivity contribution in [1.82, 2.24) is 19.8 Å². The van der Waals surface area contributed by atoms with Crippen LogP contribution in [-0.4, -0.2) is 19.8 Å². The Kier molecular flexibility index (Phi) is 5.53. The summed E-state index contributed by atoms with van der Waals surface area (Å²) in [5.74, 6) is 0.903. The molecule has 4 aromatic rings. The maximum Gasteiger partial charge on any atom is 0.368 e. The monoisotopic (exact) mass is 420 g/mol. The zero-order chi connectivity index (χ0) is 22.0. The van der Waals surface area contributed by atoms with Crippen LogP contribution in [-0.2, 0) is 13.7 Å². The first-order valence-electron chi connectivity index (χ1n) is 9.68. The molecule has 3 aromatic carbocycles. The molecule has 0 fully saturated rings. The molecule has 0 bridgehead atoms. The summed E-state index contributed by atoms with van der Waals surface area (Å²) in [5.41, 5.74) is 2.91. The van der Waals surface area contributed by atoms with Crippen LogP contribution < -0.4 is 15.2 Å². The molecule has 7 nitrogen and oxygen atoms in total. The number of hydrogen-bond donors (Lipinski definition) is 0. The summed E-state index contributed by atoms with van der Waals surface area (Å²) in [6.45, 7) is 4.07. The van der Waals surface area contributed by atoms with Crippen LogP contribution >= 0.6 is 0 Å². The van der Waals surface area contributed by atoms with Gasteiger partial charge in [0.2, 0.25) is 0 Å². The summed E-state index contributed by atoms with van der Waals surface area (Å²) in [6.07, 6.45) is 0. The fraction of sp³-hybridized carbons (Fsp3) is 0.174. The molecule has 0 aliphatic carbocycles. The minimum Gasteiger partial charge on any atom is -0.489 e. The Morgan fingerprint density at radius 1 is 0.935 bits per heavy atom. The van der Waals surface area contributed by atoms with Gasteiger partial charge in [0.15, 0.2) is 11.6 Å². The van der Waals surface area contributed by atoms with E-state index in [4.69, 9.17) is 9.47 Å².